The summed E-state index contributed by atoms with van der Waals surface area (Å²) >= 11 is 0. The number of halogens is 3. The van der Waals surface area contributed by atoms with Crippen LogP contribution in [0, 0.1) is 5.82 Å². The van der Waals surface area contributed by atoms with E-state index in [0.29, 0.717) is 18.4 Å². The third-order valence-corrected chi connectivity index (χ3v) is 4.27. The first-order chi connectivity index (χ1) is 11.2. The van der Waals surface area contributed by atoms with E-state index in [2.05, 4.69) is 4.98 Å². The Morgan fingerprint density at radius 3 is 2.38 bits per heavy atom. The van der Waals surface area contributed by atoms with Gasteiger partial charge in [0.25, 0.3) is 11.8 Å². The lowest BCUT2D eigenvalue weighted by molar-refractivity contribution is -0.0200. The molecule has 4 nitrogen and oxygen atoms in total. The molecule has 0 bridgehead atoms. The highest BCUT2D eigenvalue weighted by molar-refractivity contribution is 5.87. The van der Waals surface area contributed by atoms with Gasteiger partial charge in [0.2, 0.25) is 0 Å². The van der Waals surface area contributed by atoms with E-state index in [9.17, 15) is 18.0 Å². The third kappa shape index (κ3) is 2.81. The molecule has 1 fully saturated rings. The molecule has 0 saturated heterocycles. The molecule has 0 atom stereocenters. The average Bonchev–Trinajstić information content (AvgIpc) is 3.31. The molecule has 0 spiro atoms. The van der Waals surface area contributed by atoms with Crippen LogP contribution in [0.2, 0.25) is 0 Å². The third-order valence-electron chi connectivity index (χ3n) is 4.27. The summed E-state index contributed by atoms with van der Waals surface area (Å²) in [6.07, 6.45) is 1.82. The summed E-state index contributed by atoms with van der Waals surface area (Å²) in [5.41, 5.74) is -0.911. The molecule has 1 aromatic carbocycles. The topological polar surface area (TPSA) is 59.4 Å². The van der Waals surface area contributed by atoms with Gasteiger partial charge in [0.05, 0.1) is 11.0 Å². The van der Waals surface area contributed by atoms with Crippen molar-refractivity contribution < 1.29 is 27.8 Å². The summed E-state index contributed by atoms with van der Waals surface area (Å²) in [5, 5.41) is 8.76. The number of aromatic carboxylic acids is 1. The van der Waals surface area contributed by atoms with Crippen molar-refractivity contribution in [2.75, 3.05) is 0 Å². The molecule has 7 heteroatoms. The molecule has 1 saturated carbocycles. The maximum Gasteiger partial charge on any atom is 0.337 e. The minimum atomic E-state index is -2.81. The number of nitrogens with zero attached hydrogens (tertiary/aromatic N) is 1. The molecule has 0 amide bonds. The molecule has 0 radical (unpaired) electrons. The van der Waals surface area contributed by atoms with Crippen LogP contribution in [0.3, 0.4) is 0 Å². The van der Waals surface area contributed by atoms with Crippen molar-refractivity contribution in [1.82, 2.24) is 4.98 Å². The van der Waals surface area contributed by atoms with E-state index in [1.165, 1.54) is 24.3 Å². The maximum absolute atomic E-state index is 13.8. The largest absolute Gasteiger partial charge is 0.478 e. The number of carbonyl (C=O) groups is 1. The number of carboxylic acids is 1. The molecule has 0 aliphatic heterocycles. The lowest BCUT2D eigenvalue weighted by Crippen LogP contribution is -2.29. The summed E-state index contributed by atoms with van der Waals surface area (Å²) < 4.78 is 46.5. The molecule has 24 heavy (non-hydrogen) atoms. The molecule has 1 N–H and O–H groups in total. The molecule has 1 aliphatic rings. The number of carboxylic acid groups (broad SMARTS) is 1. The van der Waals surface area contributed by atoms with E-state index >= 15 is 0 Å². The Labute approximate surface area is 135 Å². The summed E-state index contributed by atoms with van der Waals surface area (Å²) in [6.45, 7) is 0.910. The van der Waals surface area contributed by atoms with Crippen molar-refractivity contribution in [2.45, 2.75) is 31.1 Å². The first-order valence-corrected chi connectivity index (χ1v) is 7.28. The number of alkyl halides is 2. The molecule has 1 aliphatic carbocycles. The van der Waals surface area contributed by atoms with Gasteiger partial charge in [-0.15, -0.1) is 0 Å². The van der Waals surface area contributed by atoms with Crippen molar-refractivity contribution in [3.05, 3.63) is 53.5 Å². The van der Waals surface area contributed by atoms with E-state index in [1.54, 1.807) is 0 Å². The van der Waals surface area contributed by atoms with E-state index < -0.39 is 23.1 Å². The molecule has 0 unspecified atom stereocenters. The van der Waals surface area contributed by atoms with E-state index in [4.69, 9.17) is 9.84 Å². The van der Waals surface area contributed by atoms with Crippen molar-refractivity contribution in [2.24, 2.45) is 0 Å². The van der Waals surface area contributed by atoms with Gasteiger partial charge in [-0.2, -0.15) is 0 Å². The van der Waals surface area contributed by atoms with Gasteiger partial charge in [-0.25, -0.2) is 22.9 Å². The Morgan fingerprint density at radius 2 is 1.92 bits per heavy atom. The SMILES string of the molecule is CC(F)(F)C1(c2ccc(Oc3ncc(C(=O)O)cc3F)cc2)CC1. The van der Waals surface area contributed by atoms with Gasteiger partial charge < -0.3 is 9.84 Å². The van der Waals surface area contributed by atoms with Crippen LogP contribution in [0.15, 0.2) is 36.5 Å². The second kappa shape index (κ2) is 5.51. The number of ether oxygens (including phenoxy) is 1. The predicted molar refractivity (Wildman–Crippen MR) is 79.2 cm³/mol. The molecule has 1 heterocycles. The standard InChI is InChI=1S/C17H14F3NO3/c1-16(19,20)17(6-7-17)11-2-4-12(5-3-11)24-14-13(18)8-10(9-21-14)15(22)23/h2-5,8-9H,6-7H2,1H3,(H,22,23). The van der Waals surface area contributed by atoms with E-state index in [1.807, 2.05) is 0 Å². The fourth-order valence-corrected chi connectivity index (χ4v) is 2.68. The van der Waals surface area contributed by atoms with Gasteiger partial charge in [0.15, 0.2) is 5.82 Å². The quantitative estimate of drug-likeness (QED) is 0.879. The zero-order valence-corrected chi connectivity index (χ0v) is 12.7. The van der Waals surface area contributed by atoms with Gasteiger partial charge >= 0.3 is 5.97 Å². The fourth-order valence-electron chi connectivity index (χ4n) is 2.68. The van der Waals surface area contributed by atoms with Crippen LogP contribution in [0.1, 0.15) is 35.7 Å². The number of hydrogen-bond donors (Lipinski definition) is 1. The average molecular weight is 337 g/mol. The predicted octanol–water partition coefficient (Wildman–Crippen LogP) is 4.40. The van der Waals surface area contributed by atoms with Crippen molar-refractivity contribution >= 4 is 5.97 Å². The second-order valence-electron chi connectivity index (χ2n) is 5.91. The highest BCUT2D eigenvalue weighted by atomic mass is 19.3. The van der Waals surface area contributed by atoms with Gasteiger partial charge in [0, 0.05) is 13.1 Å². The molecule has 126 valence electrons. The lowest BCUT2D eigenvalue weighted by atomic mass is 9.90. The normalized spacial score (nSPS) is 15.8. The second-order valence-corrected chi connectivity index (χ2v) is 5.91. The maximum atomic E-state index is 13.8. The Bertz CT molecular complexity index is 781. The minimum absolute atomic E-state index is 0.225. The van der Waals surface area contributed by atoms with Crippen LogP contribution >= 0.6 is 0 Å². The summed E-state index contributed by atoms with van der Waals surface area (Å²) in [5.74, 6) is -5.18. The molecule has 3 rings (SSSR count). The van der Waals surface area contributed by atoms with E-state index in [0.717, 1.165) is 19.2 Å². The number of benzene rings is 1. The smallest absolute Gasteiger partial charge is 0.337 e. The van der Waals surface area contributed by atoms with Crippen LogP contribution < -0.4 is 4.74 Å². The Kier molecular flexibility index (Phi) is 3.74. The van der Waals surface area contributed by atoms with Gasteiger partial charge in [-0.05, 0) is 36.6 Å². The van der Waals surface area contributed by atoms with Crippen molar-refractivity contribution in [3.8, 4) is 11.6 Å². The monoisotopic (exact) mass is 337 g/mol. The van der Waals surface area contributed by atoms with E-state index in [-0.39, 0.29) is 17.2 Å². The molecule has 1 aromatic heterocycles. The Balaban J connectivity index is 1.79. The van der Waals surface area contributed by atoms with Crippen LogP contribution in [0.4, 0.5) is 13.2 Å². The first kappa shape index (κ1) is 16.3. The highest BCUT2D eigenvalue weighted by Gasteiger charge is 2.59. The van der Waals surface area contributed by atoms with Gasteiger partial charge in [-0.1, -0.05) is 12.1 Å². The van der Waals surface area contributed by atoms with Crippen LogP contribution in [-0.4, -0.2) is 22.0 Å². The van der Waals surface area contributed by atoms with Gasteiger partial charge in [-0.3, -0.25) is 0 Å². The zero-order chi connectivity index (χ0) is 17.5. The fraction of sp³-hybridized carbons (Fsp3) is 0.294. The van der Waals surface area contributed by atoms with Crippen LogP contribution in [0.25, 0.3) is 0 Å². The molecular weight excluding hydrogens is 323 g/mol. The van der Waals surface area contributed by atoms with Crippen LogP contribution in [0.5, 0.6) is 11.6 Å². The summed E-state index contributed by atoms with van der Waals surface area (Å²) in [6, 6.07) is 6.79. The zero-order valence-electron chi connectivity index (χ0n) is 12.7. The van der Waals surface area contributed by atoms with Crippen LogP contribution in [-0.2, 0) is 5.41 Å². The van der Waals surface area contributed by atoms with Crippen molar-refractivity contribution in [3.63, 3.8) is 0 Å². The molecule has 2 aromatic rings. The van der Waals surface area contributed by atoms with Crippen molar-refractivity contribution in [1.29, 1.82) is 0 Å². The number of aromatic nitrogens is 1. The molecular formula is C17H14F3NO3. The minimum Gasteiger partial charge on any atom is -0.478 e. The lowest BCUT2D eigenvalue weighted by Gasteiger charge is -2.23. The summed E-state index contributed by atoms with van der Waals surface area (Å²) in [7, 11) is 0. The number of pyridine rings is 1. The number of rotatable bonds is 5. The highest BCUT2D eigenvalue weighted by Crippen LogP contribution is 2.58. The van der Waals surface area contributed by atoms with Gasteiger partial charge in [0.1, 0.15) is 5.75 Å². The number of hydrogen-bond acceptors (Lipinski definition) is 3. The summed E-state index contributed by atoms with van der Waals surface area (Å²) in [4.78, 5) is 14.4. The first-order valence-electron chi connectivity index (χ1n) is 7.28. The Hall–Kier alpha value is -2.57. The Morgan fingerprint density at radius 1 is 1.29 bits per heavy atom.